The molecule has 7 heteroatoms. The molecule has 1 fully saturated rings. The summed E-state index contributed by atoms with van der Waals surface area (Å²) in [5, 5.41) is 3.48. The summed E-state index contributed by atoms with van der Waals surface area (Å²) in [6.45, 7) is 10.3. The summed E-state index contributed by atoms with van der Waals surface area (Å²) in [5.41, 5.74) is -0.202. The highest BCUT2D eigenvalue weighted by Crippen LogP contribution is 2.20. The van der Waals surface area contributed by atoms with Crippen LogP contribution in [-0.2, 0) is 16.6 Å². The van der Waals surface area contributed by atoms with E-state index in [0.29, 0.717) is 19.6 Å². The summed E-state index contributed by atoms with van der Waals surface area (Å²) in [6.07, 6.45) is 2.61. The van der Waals surface area contributed by atoms with Crippen LogP contribution in [0.15, 0.2) is 11.2 Å². The van der Waals surface area contributed by atoms with Crippen LogP contribution in [0.2, 0.25) is 0 Å². The van der Waals surface area contributed by atoms with E-state index in [0.717, 1.165) is 18.8 Å². The van der Waals surface area contributed by atoms with E-state index in [4.69, 9.17) is 0 Å². The van der Waals surface area contributed by atoms with Crippen molar-refractivity contribution in [3.05, 3.63) is 12.0 Å². The van der Waals surface area contributed by atoms with Gasteiger partial charge >= 0.3 is 0 Å². The maximum atomic E-state index is 12.7. The molecule has 114 valence electrons. The van der Waals surface area contributed by atoms with Crippen LogP contribution >= 0.6 is 0 Å². The third-order valence-electron chi connectivity index (χ3n) is 3.56. The molecule has 0 bridgehead atoms. The lowest BCUT2D eigenvalue weighted by Gasteiger charge is -2.37. The number of hydrogen-bond acceptors (Lipinski definition) is 4. The van der Waals surface area contributed by atoms with Gasteiger partial charge in [0.1, 0.15) is 5.82 Å². The maximum Gasteiger partial charge on any atom is 0.262 e. The summed E-state index contributed by atoms with van der Waals surface area (Å²) in [4.78, 5) is 4.24. The Balaban J connectivity index is 2.28. The van der Waals surface area contributed by atoms with Crippen LogP contribution < -0.4 is 5.32 Å². The Labute approximate surface area is 121 Å². The van der Waals surface area contributed by atoms with Crippen molar-refractivity contribution in [2.24, 2.45) is 0 Å². The Bertz CT molecular complexity index is 577. The molecule has 1 aromatic rings. The Hall–Kier alpha value is -0.920. The molecule has 0 saturated carbocycles. The Morgan fingerprint density at radius 1 is 1.45 bits per heavy atom. The average Bonchev–Trinajstić information content (AvgIpc) is 2.71. The fraction of sp³-hybridized carbons (Fsp3) is 0.769. The fourth-order valence-corrected chi connectivity index (χ4v) is 4.10. The van der Waals surface area contributed by atoms with Gasteiger partial charge in [-0.15, -0.1) is 0 Å². The predicted octanol–water partition coefficient (Wildman–Crippen LogP) is 0.974. The summed E-state index contributed by atoms with van der Waals surface area (Å²) in [6, 6.07) is 0. The first-order valence-electron chi connectivity index (χ1n) is 7.05. The molecule has 6 nitrogen and oxygen atoms in total. The fourth-order valence-electron chi connectivity index (χ4n) is 2.50. The molecule has 0 aromatic carbocycles. The molecule has 0 unspecified atom stereocenters. The number of rotatable bonds is 4. The quantitative estimate of drug-likeness (QED) is 0.900. The highest BCUT2D eigenvalue weighted by atomic mass is 32.2. The molecule has 2 heterocycles. The molecule has 2 rings (SSSR count). The molecule has 0 aliphatic carbocycles. The summed E-state index contributed by atoms with van der Waals surface area (Å²) in [7, 11) is -3.49. The summed E-state index contributed by atoms with van der Waals surface area (Å²) in [5.74, 6) is 0.750. The number of aryl methyl sites for hydroxylation is 2. The van der Waals surface area contributed by atoms with Crippen LogP contribution in [-0.4, -0.2) is 47.4 Å². The number of aromatic nitrogens is 2. The topological polar surface area (TPSA) is 67.2 Å². The molecule has 1 aliphatic rings. The molecule has 1 saturated heterocycles. The minimum atomic E-state index is -3.49. The molecular weight excluding hydrogens is 276 g/mol. The number of piperazine rings is 1. The van der Waals surface area contributed by atoms with E-state index >= 15 is 0 Å². The summed E-state index contributed by atoms with van der Waals surface area (Å²) >= 11 is 0. The molecule has 0 amide bonds. The zero-order valence-corrected chi connectivity index (χ0v) is 13.5. The van der Waals surface area contributed by atoms with Crippen molar-refractivity contribution in [3.63, 3.8) is 0 Å². The van der Waals surface area contributed by atoms with Crippen LogP contribution in [0.25, 0.3) is 0 Å². The minimum absolute atomic E-state index is 0.168. The number of nitrogens with zero attached hydrogens (tertiary/aromatic N) is 3. The van der Waals surface area contributed by atoms with Gasteiger partial charge in [0.25, 0.3) is 10.0 Å². The second-order valence-corrected chi connectivity index (χ2v) is 7.85. The zero-order chi connectivity index (χ0) is 15.0. The van der Waals surface area contributed by atoms with E-state index < -0.39 is 10.0 Å². The number of imidazole rings is 1. The van der Waals surface area contributed by atoms with Crippen molar-refractivity contribution in [2.45, 2.75) is 51.2 Å². The number of nitrogens with one attached hydrogen (secondary N) is 1. The molecule has 1 aromatic heterocycles. The first-order valence-corrected chi connectivity index (χ1v) is 8.49. The van der Waals surface area contributed by atoms with Gasteiger partial charge in [-0.1, -0.05) is 6.92 Å². The van der Waals surface area contributed by atoms with Crippen molar-refractivity contribution in [2.75, 3.05) is 19.6 Å². The van der Waals surface area contributed by atoms with Gasteiger partial charge in [0, 0.05) is 37.9 Å². The smallest absolute Gasteiger partial charge is 0.262 e. The third kappa shape index (κ3) is 3.05. The van der Waals surface area contributed by atoms with Crippen LogP contribution in [0.1, 0.15) is 33.0 Å². The zero-order valence-electron chi connectivity index (χ0n) is 12.7. The van der Waals surface area contributed by atoms with Gasteiger partial charge in [-0.25, -0.2) is 13.4 Å². The van der Waals surface area contributed by atoms with Crippen LogP contribution in [0.3, 0.4) is 0 Å². The van der Waals surface area contributed by atoms with Crippen molar-refractivity contribution in [1.29, 1.82) is 0 Å². The molecule has 0 spiro atoms. The van der Waals surface area contributed by atoms with Gasteiger partial charge in [0.15, 0.2) is 5.03 Å². The molecule has 1 aliphatic heterocycles. The van der Waals surface area contributed by atoms with Crippen LogP contribution in [0.5, 0.6) is 0 Å². The van der Waals surface area contributed by atoms with Gasteiger partial charge < -0.3 is 9.88 Å². The normalized spacial score (nSPS) is 20.2. The van der Waals surface area contributed by atoms with Gasteiger partial charge in [-0.3, -0.25) is 0 Å². The van der Waals surface area contributed by atoms with Crippen molar-refractivity contribution in [1.82, 2.24) is 19.2 Å². The van der Waals surface area contributed by atoms with E-state index in [1.165, 1.54) is 4.31 Å². The third-order valence-corrected chi connectivity index (χ3v) is 5.28. The van der Waals surface area contributed by atoms with E-state index in [-0.39, 0.29) is 10.6 Å². The SMILES string of the molecule is CCCn1cc(S(=O)(=O)N2CCNC(C)(C)C2)nc1C. The minimum Gasteiger partial charge on any atom is -0.334 e. The lowest BCUT2D eigenvalue weighted by atomic mass is 10.0. The lowest BCUT2D eigenvalue weighted by Crippen LogP contribution is -2.58. The van der Waals surface area contributed by atoms with E-state index in [2.05, 4.69) is 17.2 Å². The molecule has 20 heavy (non-hydrogen) atoms. The van der Waals surface area contributed by atoms with E-state index in [1.54, 1.807) is 6.20 Å². The van der Waals surface area contributed by atoms with Crippen molar-refractivity contribution in [3.8, 4) is 0 Å². The van der Waals surface area contributed by atoms with Crippen LogP contribution in [0.4, 0.5) is 0 Å². The average molecular weight is 300 g/mol. The molecule has 0 radical (unpaired) electrons. The lowest BCUT2D eigenvalue weighted by molar-refractivity contribution is 0.233. The largest absolute Gasteiger partial charge is 0.334 e. The standard InChI is InChI=1S/C13H24N4O2S/c1-5-7-16-9-12(15-11(16)2)20(18,19)17-8-6-14-13(3,4)10-17/h9,14H,5-8,10H2,1-4H3. The highest BCUT2D eigenvalue weighted by molar-refractivity contribution is 7.89. The second-order valence-electron chi connectivity index (χ2n) is 5.97. The number of hydrogen-bond donors (Lipinski definition) is 1. The maximum absolute atomic E-state index is 12.7. The Kier molecular flexibility index (Phi) is 4.22. The Morgan fingerprint density at radius 3 is 2.75 bits per heavy atom. The Morgan fingerprint density at radius 2 is 2.15 bits per heavy atom. The van der Waals surface area contributed by atoms with Gasteiger partial charge in [-0.05, 0) is 27.2 Å². The van der Waals surface area contributed by atoms with Crippen molar-refractivity contribution >= 4 is 10.0 Å². The van der Waals surface area contributed by atoms with E-state index in [1.807, 2.05) is 25.3 Å². The van der Waals surface area contributed by atoms with Gasteiger partial charge in [0.05, 0.1) is 0 Å². The number of sulfonamides is 1. The van der Waals surface area contributed by atoms with Gasteiger partial charge in [0.2, 0.25) is 0 Å². The first kappa shape index (κ1) is 15.5. The summed E-state index contributed by atoms with van der Waals surface area (Å²) < 4.78 is 28.8. The first-order chi connectivity index (χ1) is 9.26. The van der Waals surface area contributed by atoms with Gasteiger partial charge in [-0.2, -0.15) is 4.31 Å². The molecular formula is C13H24N4O2S. The van der Waals surface area contributed by atoms with E-state index in [9.17, 15) is 8.42 Å². The highest BCUT2D eigenvalue weighted by Gasteiger charge is 2.35. The predicted molar refractivity (Wildman–Crippen MR) is 78.1 cm³/mol. The van der Waals surface area contributed by atoms with Crippen molar-refractivity contribution < 1.29 is 8.42 Å². The molecule has 0 atom stereocenters. The second kappa shape index (κ2) is 5.46. The molecule has 1 N–H and O–H groups in total. The monoisotopic (exact) mass is 300 g/mol. The van der Waals surface area contributed by atoms with Crippen LogP contribution in [0, 0.1) is 6.92 Å².